The van der Waals surface area contributed by atoms with E-state index in [1.807, 2.05) is 31.2 Å². The summed E-state index contributed by atoms with van der Waals surface area (Å²) < 4.78 is 5.91. The van der Waals surface area contributed by atoms with E-state index in [9.17, 15) is 9.90 Å². The molecule has 0 bridgehead atoms. The highest BCUT2D eigenvalue weighted by atomic mass is 32.1. The van der Waals surface area contributed by atoms with Crippen molar-refractivity contribution in [3.05, 3.63) is 51.7 Å². The number of amides is 1. The molecule has 0 aliphatic heterocycles. The first-order valence-corrected chi connectivity index (χ1v) is 11.1. The van der Waals surface area contributed by atoms with Gasteiger partial charge in [0.25, 0.3) is 0 Å². The number of ether oxygens (including phenoxy) is 1. The molecular weight excluding hydrogens is 370 g/mol. The zero-order valence-electron chi connectivity index (χ0n) is 17.0. The molecule has 2 aromatic rings. The van der Waals surface area contributed by atoms with E-state index in [-0.39, 0.29) is 24.5 Å². The first-order chi connectivity index (χ1) is 13.5. The van der Waals surface area contributed by atoms with Crippen molar-refractivity contribution in [3.8, 4) is 5.75 Å². The summed E-state index contributed by atoms with van der Waals surface area (Å²) in [5, 5.41) is 15.0. The molecule has 5 heteroatoms. The minimum Gasteiger partial charge on any atom is -0.493 e. The van der Waals surface area contributed by atoms with Gasteiger partial charge in [-0.2, -0.15) is 0 Å². The highest BCUT2D eigenvalue weighted by molar-refractivity contribution is 7.10. The second kappa shape index (κ2) is 9.57. The number of rotatable bonds is 10. The van der Waals surface area contributed by atoms with Crippen molar-refractivity contribution in [1.29, 1.82) is 0 Å². The van der Waals surface area contributed by atoms with Gasteiger partial charge in [0, 0.05) is 16.7 Å². The molecule has 1 heterocycles. The fourth-order valence-electron chi connectivity index (χ4n) is 3.75. The standard InChI is InChI=1S/C23H31NO3S/c1-4-6-15(2)14-27-17-8-9-18(16(3)11-17)21(13-25)24-23(26)20-12-19(20)22-7-5-10-28-22/h5,7-11,15,19-21,25H,4,6,12-14H2,1-3H3,(H,24,26). The zero-order chi connectivity index (χ0) is 20.1. The van der Waals surface area contributed by atoms with Crippen LogP contribution in [0, 0.1) is 18.8 Å². The number of aliphatic hydroxyl groups excluding tert-OH is 1. The molecule has 0 spiro atoms. The number of thiophene rings is 1. The van der Waals surface area contributed by atoms with Gasteiger partial charge in [0.15, 0.2) is 0 Å². The second-order valence-electron chi connectivity index (χ2n) is 7.93. The maximum Gasteiger partial charge on any atom is 0.224 e. The van der Waals surface area contributed by atoms with Gasteiger partial charge in [-0.3, -0.25) is 4.79 Å². The van der Waals surface area contributed by atoms with Crippen LogP contribution in [0.2, 0.25) is 0 Å². The Hall–Kier alpha value is -1.85. The van der Waals surface area contributed by atoms with Crippen LogP contribution in [0.15, 0.2) is 35.7 Å². The van der Waals surface area contributed by atoms with Crippen molar-refractivity contribution in [3.63, 3.8) is 0 Å². The van der Waals surface area contributed by atoms with E-state index in [0.717, 1.165) is 36.1 Å². The summed E-state index contributed by atoms with van der Waals surface area (Å²) in [6.07, 6.45) is 3.21. The summed E-state index contributed by atoms with van der Waals surface area (Å²) in [6, 6.07) is 9.62. The van der Waals surface area contributed by atoms with Crippen molar-refractivity contribution >= 4 is 17.2 Å². The highest BCUT2D eigenvalue weighted by Crippen LogP contribution is 2.49. The number of hydrogen-bond donors (Lipinski definition) is 2. The fraction of sp³-hybridized carbons (Fsp3) is 0.522. The Balaban J connectivity index is 1.58. The van der Waals surface area contributed by atoms with Gasteiger partial charge in [-0.05, 0) is 60.4 Å². The number of hydrogen-bond acceptors (Lipinski definition) is 4. The van der Waals surface area contributed by atoms with Crippen LogP contribution < -0.4 is 10.1 Å². The van der Waals surface area contributed by atoms with Crippen LogP contribution in [-0.4, -0.2) is 24.2 Å². The first kappa shape index (κ1) is 20.9. The van der Waals surface area contributed by atoms with Crippen LogP contribution in [0.1, 0.15) is 61.1 Å². The number of aryl methyl sites for hydroxylation is 1. The number of aliphatic hydroxyl groups is 1. The van der Waals surface area contributed by atoms with Gasteiger partial charge in [-0.1, -0.05) is 32.4 Å². The number of carbonyl (C=O) groups excluding carboxylic acids is 1. The minimum absolute atomic E-state index is 0.0238. The largest absolute Gasteiger partial charge is 0.493 e. The van der Waals surface area contributed by atoms with Crippen molar-refractivity contribution in [2.45, 2.75) is 52.0 Å². The molecule has 4 unspecified atom stereocenters. The van der Waals surface area contributed by atoms with Crippen molar-refractivity contribution in [2.24, 2.45) is 11.8 Å². The van der Waals surface area contributed by atoms with E-state index < -0.39 is 0 Å². The van der Waals surface area contributed by atoms with Gasteiger partial charge in [-0.25, -0.2) is 0 Å². The van der Waals surface area contributed by atoms with Crippen molar-refractivity contribution < 1.29 is 14.6 Å². The highest BCUT2D eigenvalue weighted by Gasteiger charge is 2.45. The maximum atomic E-state index is 12.6. The van der Waals surface area contributed by atoms with Gasteiger partial charge in [-0.15, -0.1) is 11.3 Å². The van der Waals surface area contributed by atoms with E-state index in [0.29, 0.717) is 18.4 Å². The summed E-state index contributed by atoms with van der Waals surface area (Å²) in [4.78, 5) is 13.9. The third-order valence-electron chi connectivity index (χ3n) is 5.47. The van der Waals surface area contributed by atoms with E-state index in [4.69, 9.17) is 4.74 Å². The predicted molar refractivity (Wildman–Crippen MR) is 114 cm³/mol. The van der Waals surface area contributed by atoms with Gasteiger partial charge in [0.2, 0.25) is 5.91 Å². The van der Waals surface area contributed by atoms with Crippen LogP contribution in [0.5, 0.6) is 5.75 Å². The van der Waals surface area contributed by atoms with Crippen LogP contribution in [0.4, 0.5) is 0 Å². The summed E-state index contributed by atoms with van der Waals surface area (Å²) >= 11 is 1.71. The molecule has 1 fully saturated rings. The Morgan fingerprint density at radius 2 is 2.21 bits per heavy atom. The van der Waals surface area contributed by atoms with Gasteiger partial charge in [0.1, 0.15) is 5.75 Å². The molecule has 3 rings (SSSR count). The SMILES string of the molecule is CCCC(C)COc1ccc(C(CO)NC(=O)C2CC2c2cccs2)c(C)c1. The lowest BCUT2D eigenvalue weighted by molar-refractivity contribution is -0.123. The molecule has 0 radical (unpaired) electrons. The molecule has 2 N–H and O–H groups in total. The van der Waals surface area contributed by atoms with Crippen LogP contribution in [0.3, 0.4) is 0 Å². The lowest BCUT2D eigenvalue weighted by Crippen LogP contribution is -2.32. The van der Waals surface area contributed by atoms with E-state index in [1.54, 1.807) is 11.3 Å². The molecular formula is C23H31NO3S. The third-order valence-corrected chi connectivity index (χ3v) is 6.47. The molecule has 1 aromatic heterocycles. The molecule has 4 atom stereocenters. The Bertz CT molecular complexity index is 774. The summed E-state index contributed by atoms with van der Waals surface area (Å²) in [5.41, 5.74) is 1.96. The predicted octanol–water partition coefficient (Wildman–Crippen LogP) is 4.82. The fourth-order valence-corrected chi connectivity index (χ4v) is 4.65. The normalized spacial score (nSPS) is 20.4. The molecule has 0 saturated heterocycles. The summed E-state index contributed by atoms with van der Waals surface area (Å²) in [7, 11) is 0. The average Bonchev–Trinajstić information content (AvgIpc) is 3.30. The minimum atomic E-state index is -0.384. The molecule has 1 aliphatic carbocycles. The molecule has 28 heavy (non-hydrogen) atoms. The van der Waals surface area contributed by atoms with E-state index >= 15 is 0 Å². The van der Waals surface area contributed by atoms with E-state index in [2.05, 4.69) is 30.6 Å². The molecule has 1 saturated carbocycles. The number of carbonyl (C=O) groups is 1. The number of benzene rings is 1. The molecule has 1 aromatic carbocycles. The van der Waals surface area contributed by atoms with E-state index in [1.165, 1.54) is 4.88 Å². The lowest BCUT2D eigenvalue weighted by Gasteiger charge is -2.20. The van der Waals surface area contributed by atoms with Crippen LogP contribution >= 0.6 is 11.3 Å². The Labute approximate surface area is 171 Å². The Kier molecular flexibility index (Phi) is 7.13. The summed E-state index contributed by atoms with van der Waals surface area (Å²) in [6.45, 7) is 6.97. The smallest absolute Gasteiger partial charge is 0.224 e. The van der Waals surface area contributed by atoms with Crippen molar-refractivity contribution in [1.82, 2.24) is 5.32 Å². The van der Waals surface area contributed by atoms with Crippen molar-refractivity contribution in [2.75, 3.05) is 13.2 Å². The van der Waals surface area contributed by atoms with Gasteiger partial charge < -0.3 is 15.2 Å². The molecule has 1 aliphatic rings. The Morgan fingerprint density at radius 3 is 2.86 bits per heavy atom. The molecule has 152 valence electrons. The molecule has 1 amide bonds. The van der Waals surface area contributed by atoms with Crippen LogP contribution in [0.25, 0.3) is 0 Å². The lowest BCUT2D eigenvalue weighted by atomic mass is 10.0. The third kappa shape index (κ3) is 5.15. The Morgan fingerprint density at radius 1 is 1.39 bits per heavy atom. The monoisotopic (exact) mass is 401 g/mol. The van der Waals surface area contributed by atoms with Gasteiger partial charge in [0.05, 0.1) is 19.3 Å². The molecule has 4 nitrogen and oxygen atoms in total. The van der Waals surface area contributed by atoms with Crippen LogP contribution in [-0.2, 0) is 4.79 Å². The van der Waals surface area contributed by atoms with Gasteiger partial charge >= 0.3 is 0 Å². The maximum absolute atomic E-state index is 12.6. The number of nitrogens with one attached hydrogen (secondary N) is 1. The quantitative estimate of drug-likeness (QED) is 0.600. The summed E-state index contributed by atoms with van der Waals surface area (Å²) in [5.74, 6) is 1.76. The first-order valence-electron chi connectivity index (χ1n) is 10.2. The average molecular weight is 402 g/mol. The topological polar surface area (TPSA) is 58.6 Å². The second-order valence-corrected chi connectivity index (χ2v) is 8.91. The zero-order valence-corrected chi connectivity index (χ0v) is 17.8.